The monoisotopic (exact) mass is 440 g/mol. The molecule has 2 fully saturated rings. The van der Waals surface area contributed by atoms with Crippen LogP contribution in [0.3, 0.4) is 0 Å². The Balaban J connectivity index is 1.21. The third-order valence-electron chi connectivity index (χ3n) is 6.96. The summed E-state index contributed by atoms with van der Waals surface area (Å²) in [6.07, 6.45) is 11.6. The lowest BCUT2D eigenvalue weighted by Gasteiger charge is -2.47. The number of nitrogens with zero attached hydrogens (tertiary/aromatic N) is 4. The quantitative estimate of drug-likeness (QED) is 0.564. The number of carbonyl (C=O) groups is 1. The van der Waals surface area contributed by atoms with Gasteiger partial charge in [-0.25, -0.2) is 0 Å². The van der Waals surface area contributed by atoms with Gasteiger partial charge in [0.2, 0.25) is 0 Å². The smallest absolute Gasteiger partial charge is 0.254 e. The van der Waals surface area contributed by atoms with Crippen molar-refractivity contribution in [1.29, 1.82) is 0 Å². The first-order chi connectivity index (χ1) is 16.3. The Hall–Kier alpha value is -3.18. The van der Waals surface area contributed by atoms with Crippen LogP contribution in [0.15, 0.2) is 79.1 Å². The molecular formula is C28H32N4O. The van der Waals surface area contributed by atoms with Gasteiger partial charge >= 0.3 is 0 Å². The zero-order chi connectivity index (χ0) is 22.5. The van der Waals surface area contributed by atoms with Gasteiger partial charge in [0.1, 0.15) is 0 Å². The van der Waals surface area contributed by atoms with Crippen molar-refractivity contribution >= 4 is 12.0 Å². The van der Waals surface area contributed by atoms with Crippen molar-refractivity contribution in [2.75, 3.05) is 26.2 Å². The SMILES string of the molecule is O=C(c1cccc(Cn2cccn2)c1)N1CCC[C@@H]2CN(CC=Cc3ccccc3)CC[C@H]21. The van der Waals surface area contributed by atoms with Gasteiger partial charge in [-0.05, 0) is 54.5 Å². The molecule has 2 atom stereocenters. The lowest BCUT2D eigenvalue weighted by molar-refractivity contribution is 0.0226. The maximum atomic E-state index is 13.5. The fraction of sp³-hybridized carbons (Fsp3) is 0.357. The number of likely N-dealkylation sites (tertiary alicyclic amines) is 2. The van der Waals surface area contributed by atoms with E-state index < -0.39 is 0 Å². The number of amides is 1. The van der Waals surface area contributed by atoms with Crippen LogP contribution in [0.25, 0.3) is 6.08 Å². The van der Waals surface area contributed by atoms with Crippen molar-refractivity contribution in [2.24, 2.45) is 5.92 Å². The first-order valence-electron chi connectivity index (χ1n) is 12.1. The first kappa shape index (κ1) is 21.7. The van der Waals surface area contributed by atoms with E-state index in [0.29, 0.717) is 18.5 Å². The topological polar surface area (TPSA) is 41.4 Å². The molecule has 3 aromatic rings. The largest absolute Gasteiger partial charge is 0.335 e. The first-order valence-corrected chi connectivity index (χ1v) is 12.1. The molecule has 5 rings (SSSR count). The van der Waals surface area contributed by atoms with Crippen LogP contribution in [-0.4, -0.2) is 57.7 Å². The lowest BCUT2D eigenvalue weighted by Crippen LogP contribution is -2.55. The molecule has 1 aromatic heterocycles. The van der Waals surface area contributed by atoms with Crippen molar-refractivity contribution in [3.05, 3.63) is 95.8 Å². The number of rotatable bonds is 6. The molecule has 2 aromatic carbocycles. The van der Waals surface area contributed by atoms with Crippen molar-refractivity contribution < 1.29 is 4.79 Å². The predicted octanol–water partition coefficient (Wildman–Crippen LogP) is 4.57. The van der Waals surface area contributed by atoms with Crippen molar-refractivity contribution in [2.45, 2.75) is 31.8 Å². The van der Waals surface area contributed by atoms with E-state index in [2.05, 4.69) is 57.4 Å². The second-order valence-corrected chi connectivity index (χ2v) is 9.23. The molecule has 2 aliphatic rings. The van der Waals surface area contributed by atoms with E-state index in [1.165, 1.54) is 12.0 Å². The van der Waals surface area contributed by atoms with E-state index in [1.807, 2.05) is 41.2 Å². The fourth-order valence-electron chi connectivity index (χ4n) is 5.35. The molecule has 0 bridgehead atoms. The minimum absolute atomic E-state index is 0.185. The van der Waals surface area contributed by atoms with Crippen LogP contribution < -0.4 is 0 Å². The Morgan fingerprint density at radius 3 is 2.79 bits per heavy atom. The summed E-state index contributed by atoms with van der Waals surface area (Å²) < 4.78 is 1.89. The number of carbonyl (C=O) groups excluding carboxylic acids is 1. The molecule has 0 N–H and O–H groups in total. The summed E-state index contributed by atoms with van der Waals surface area (Å²) in [6, 6.07) is 20.8. The minimum Gasteiger partial charge on any atom is -0.335 e. The van der Waals surface area contributed by atoms with Crippen LogP contribution in [-0.2, 0) is 6.54 Å². The molecule has 170 valence electrons. The van der Waals surface area contributed by atoms with Crippen molar-refractivity contribution in [1.82, 2.24) is 19.6 Å². The molecule has 0 saturated carbocycles. The molecule has 5 nitrogen and oxygen atoms in total. The van der Waals surface area contributed by atoms with Gasteiger partial charge in [-0.15, -0.1) is 0 Å². The fourth-order valence-corrected chi connectivity index (χ4v) is 5.35. The molecule has 0 radical (unpaired) electrons. The van der Waals surface area contributed by atoms with E-state index in [0.717, 1.165) is 50.1 Å². The van der Waals surface area contributed by atoms with Crippen LogP contribution >= 0.6 is 0 Å². The number of benzene rings is 2. The number of piperidine rings is 2. The van der Waals surface area contributed by atoms with E-state index in [-0.39, 0.29) is 5.91 Å². The van der Waals surface area contributed by atoms with Crippen molar-refractivity contribution in [3.63, 3.8) is 0 Å². The molecule has 0 aliphatic carbocycles. The Labute approximate surface area is 196 Å². The average Bonchev–Trinajstić information content (AvgIpc) is 3.37. The minimum atomic E-state index is 0.185. The van der Waals surface area contributed by atoms with Gasteiger partial charge in [0.25, 0.3) is 5.91 Å². The molecular weight excluding hydrogens is 408 g/mol. The van der Waals surface area contributed by atoms with Gasteiger partial charge in [0.15, 0.2) is 0 Å². The second-order valence-electron chi connectivity index (χ2n) is 9.23. The van der Waals surface area contributed by atoms with Gasteiger partial charge in [0, 0.05) is 50.2 Å². The Morgan fingerprint density at radius 1 is 1.03 bits per heavy atom. The zero-order valence-electron chi connectivity index (χ0n) is 19.1. The lowest BCUT2D eigenvalue weighted by atomic mass is 9.83. The highest BCUT2D eigenvalue weighted by Crippen LogP contribution is 2.31. The van der Waals surface area contributed by atoms with Crippen LogP contribution in [0.4, 0.5) is 0 Å². The van der Waals surface area contributed by atoms with Crippen molar-refractivity contribution in [3.8, 4) is 0 Å². The molecule has 5 heteroatoms. The molecule has 0 spiro atoms. The predicted molar refractivity (Wildman–Crippen MR) is 132 cm³/mol. The summed E-state index contributed by atoms with van der Waals surface area (Å²) >= 11 is 0. The maximum absolute atomic E-state index is 13.5. The highest BCUT2D eigenvalue weighted by molar-refractivity contribution is 5.94. The zero-order valence-corrected chi connectivity index (χ0v) is 19.1. The van der Waals surface area contributed by atoms with Gasteiger partial charge in [-0.2, -0.15) is 5.10 Å². The Morgan fingerprint density at radius 2 is 1.94 bits per heavy atom. The van der Waals surface area contributed by atoms with Crippen LogP contribution in [0.1, 0.15) is 40.7 Å². The van der Waals surface area contributed by atoms with E-state index in [4.69, 9.17) is 0 Å². The molecule has 0 unspecified atom stereocenters. The second kappa shape index (κ2) is 10.2. The summed E-state index contributed by atoms with van der Waals surface area (Å²) in [5.41, 5.74) is 3.16. The summed E-state index contributed by atoms with van der Waals surface area (Å²) in [4.78, 5) is 18.2. The summed E-state index contributed by atoms with van der Waals surface area (Å²) in [5, 5.41) is 4.29. The van der Waals surface area contributed by atoms with E-state index in [1.54, 1.807) is 6.20 Å². The van der Waals surface area contributed by atoms with Crippen LogP contribution in [0.2, 0.25) is 0 Å². The highest BCUT2D eigenvalue weighted by Gasteiger charge is 2.38. The Kier molecular flexibility index (Phi) is 6.68. The molecule has 2 saturated heterocycles. The summed E-state index contributed by atoms with van der Waals surface area (Å²) in [7, 11) is 0. The Bertz CT molecular complexity index is 1080. The maximum Gasteiger partial charge on any atom is 0.254 e. The van der Waals surface area contributed by atoms with Crippen LogP contribution in [0.5, 0.6) is 0 Å². The van der Waals surface area contributed by atoms with E-state index >= 15 is 0 Å². The number of fused-ring (bicyclic) bond motifs is 1. The summed E-state index contributed by atoms with van der Waals surface area (Å²) in [5.74, 6) is 0.748. The van der Waals surface area contributed by atoms with Gasteiger partial charge in [-0.1, -0.05) is 54.6 Å². The highest BCUT2D eigenvalue weighted by atomic mass is 16.2. The number of hydrogen-bond donors (Lipinski definition) is 0. The van der Waals surface area contributed by atoms with Gasteiger partial charge in [0.05, 0.1) is 6.54 Å². The molecule has 33 heavy (non-hydrogen) atoms. The number of aromatic nitrogens is 2. The third kappa shape index (κ3) is 5.25. The van der Waals surface area contributed by atoms with Gasteiger partial charge in [-0.3, -0.25) is 14.4 Å². The average molecular weight is 441 g/mol. The normalized spacial score (nSPS) is 21.3. The van der Waals surface area contributed by atoms with Crippen LogP contribution in [0, 0.1) is 5.92 Å². The molecule has 3 heterocycles. The van der Waals surface area contributed by atoms with Gasteiger partial charge < -0.3 is 4.90 Å². The number of hydrogen-bond acceptors (Lipinski definition) is 3. The molecule has 1 amide bonds. The summed E-state index contributed by atoms with van der Waals surface area (Å²) in [6.45, 7) is 4.65. The van der Waals surface area contributed by atoms with E-state index in [9.17, 15) is 4.79 Å². The third-order valence-corrected chi connectivity index (χ3v) is 6.96. The standard InChI is InChI=1S/C28H32N4O/c33-28(25-12-4-10-24(20-25)21-31-17-7-15-29-31)32-18-6-13-26-22-30(19-14-27(26)32)16-5-11-23-8-2-1-3-9-23/h1-5,7-12,15,17,20,26-27H,6,13-14,16,18-19,21-22H2/t26-,27-/m1/s1. The molecule has 2 aliphatic heterocycles.